The predicted molar refractivity (Wildman–Crippen MR) is 66.3 cm³/mol. The van der Waals surface area contributed by atoms with E-state index in [4.69, 9.17) is 0 Å². The molecule has 1 aliphatic heterocycles. The topological polar surface area (TPSA) is 23.5 Å². The molecule has 2 heteroatoms. The van der Waals surface area contributed by atoms with Crippen LogP contribution in [0.2, 0.25) is 0 Å². The van der Waals surface area contributed by atoms with E-state index in [0.29, 0.717) is 6.04 Å². The smallest absolute Gasteiger partial charge is 0.0628 e. The van der Waals surface area contributed by atoms with E-state index < -0.39 is 0 Å². The minimum absolute atomic E-state index is 0.177. The second-order valence-electron chi connectivity index (χ2n) is 4.69. The number of likely N-dealkylation sites (tertiary alicyclic amines) is 1. The maximum atomic E-state index is 9.61. The van der Waals surface area contributed by atoms with Crippen molar-refractivity contribution in [2.24, 2.45) is 0 Å². The summed E-state index contributed by atoms with van der Waals surface area (Å²) < 4.78 is 0. The molecule has 0 spiro atoms. The maximum Gasteiger partial charge on any atom is 0.0628 e. The monoisotopic (exact) mass is 219 g/mol. The summed E-state index contributed by atoms with van der Waals surface area (Å²) >= 11 is 0. The first-order valence-corrected chi connectivity index (χ1v) is 6.24. The minimum atomic E-state index is 0.177. The summed E-state index contributed by atoms with van der Waals surface area (Å²) in [5.74, 6) is 0. The van der Waals surface area contributed by atoms with Crippen molar-refractivity contribution in [1.82, 2.24) is 4.90 Å². The van der Waals surface area contributed by atoms with E-state index in [1.165, 1.54) is 24.8 Å². The van der Waals surface area contributed by atoms with Gasteiger partial charge in [-0.15, -0.1) is 0 Å². The van der Waals surface area contributed by atoms with E-state index in [1.54, 1.807) is 0 Å². The lowest BCUT2D eigenvalue weighted by atomic mass is 9.98. The molecular weight excluding hydrogens is 198 g/mol. The Balaban J connectivity index is 2.15. The lowest BCUT2D eigenvalue weighted by molar-refractivity contribution is 0.0643. The number of aliphatic hydroxyl groups excluding tert-OH is 1. The van der Waals surface area contributed by atoms with Gasteiger partial charge in [0, 0.05) is 6.04 Å². The lowest BCUT2D eigenvalue weighted by Gasteiger charge is -2.39. The molecule has 1 aromatic carbocycles. The summed E-state index contributed by atoms with van der Waals surface area (Å²) in [5.41, 5.74) is 1.23. The van der Waals surface area contributed by atoms with Crippen LogP contribution in [0.15, 0.2) is 30.3 Å². The molecule has 0 saturated carbocycles. The van der Waals surface area contributed by atoms with Crippen molar-refractivity contribution in [3.8, 4) is 0 Å². The van der Waals surface area contributed by atoms with Crippen molar-refractivity contribution in [2.75, 3.05) is 13.2 Å². The van der Waals surface area contributed by atoms with Crippen molar-refractivity contribution in [2.45, 2.75) is 38.3 Å². The van der Waals surface area contributed by atoms with Crippen LogP contribution in [0.1, 0.15) is 37.8 Å². The Morgan fingerprint density at radius 1 is 1.31 bits per heavy atom. The predicted octanol–water partition coefficient (Wildman–Crippen LogP) is 2.59. The normalized spacial score (nSPS) is 24.2. The van der Waals surface area contributed by atoms with E-state index in [1.807, 2.05) is 18.2 Å². The van der Waals surface area contributed by atoms with Crippen molar-refractivity contribution in [1.29, 1.82) is 0 Å². The first-order valence-electron chi connectivity index (χ1n) is 6.24. The third kappa shape index (κ3) is 2.45. The highest BCUT2D eigenvalue weighted by atomic mass is 16.3. The van der Waals surface area contributed by atoms with Gasteiger partial charge in [0.15, 0.2) is 0 Å². The SMILES string of the molecule is C[C@@H]1CCCCN1[C@H](CO)c1ccccc1. The van der Waals surface area contributed by atoms with Gasteiger partial charge in [0.25, 0.3) is 0 Å². The van der Waals surface area contributed by atoms with E-state index in [9.17, 15) is 5.11 Å². The summed E-state index contributed by atoms with van der Waals surface area (Å²) in [6, 6.07) is 11.1. The molecule has 0 aromatic heterocycles. The molecule has 1 aliphatic rings. The van der Waals surface area contributed by atoms with Gasteiger partial charge >= 0.3 is 0 Å². The summed E-state index contributed by atoms with van der Waals surface area (Å²) in [6.45, 7) is 3.60. The molecule has 1 saturated heterocycles. The average molecular weight is 219 g/mol. The average Bonchev–Trinajstić information content (AvgIpc) is 2.34. The standard InChI is InChI=1S/C14H21NO/c1-12-7-5-6-10-15(12)14(11-16)13-8-3-2-4-9-13/h2-4,8-9,12,14,16H,5-7,10-11H2,1H3/t12-,14-/m1/s1. The quantitative estimate of drug-likeness (QED) is 0.844. The van der Waals surface area contributed by atoms with Crippen LogP contribution >= 0.6 is 0 Å². The molecule has 1 fully saturated rings. The van der Waals surface area contributed by atoms with Crippen molar-refractivity contribution >= 4 is 0 Å². The van der Waals surface area contributed by atoms with E-state index in [-0.39, 0.29) is 12.6 Å². The molecule has 1 aromatic rings. The molecule has 2 rings (SSSR count). The zero-order chi connectivity index (χ0) is 11.4. The molecule has 88 valence electrons. The van der Waals surface area contributed by atoms with Gasteiger partial charge in [-0.2, -0.15) is 0 Å². The van der Waals surface area contributed by atoms with Crippen LogP contribution in [0.4, 0.5) is 0 Å². The highest BCUT2D eigenvalue weighted by molar-refractivity contribution is 5.19. The molecule has 0 bridgehead atoms. The number of rotatable bonds is 3. The summed E-state index contributed by atoms with van der Waals surface area (Å²) in [4.78, 5) is 2.44. The highest BCUT2D eigenvalue weighted by Gasteiger charge is 2.26. The number of nitrogens with zero attached hydrogens (tertiary/aromatic N) is 1. The molecule has 1 N–H and O–H groups in total. The van der Waals surface area contributed by atoms with Gasteiger partial charge in [-0.05, 0) is 31.9 Å². The molecular formula is C14H21NO. The fraction of sp³-hybridized carbons (Fsp3) is 0.571. The van der Waals surface area contributed by atoms with Crippen molar-refractivity contribution in [3.63, 3.8) is 0 Å². The molecule has 0 radical (unpaired) electrons. The molecule has 2 nitrogen and oxygen atoms in total. The largest absolute Gasteiger partial charge is 0.394 e. The van der Waals surface area contributed by atoms with Crippen LogP contribution in [-0.2, 0) is 0 Å². The summed E-state index contributed by atoms with van der Waals surface area (Å²) in [7, 11) is 0. The van der Waals surface area contributed by atoms with E-state index in [0.717, 1.165) is 6.54 Å². The molecule has 0 amide bonds. The Labute approximate surface area is 97.9 Å². The Morgan fingerprint density at radius 3 is 2.69 bits per heavy atom. The number of hydrogen-bond acceptors (Lipinski definition) is 2. The van der Waals surface area contributed by atoms with Crippen LogP contribution in [0, 0.1) is 0 Å². The highest BCUT2D eigenvalue weighted by Crippen LogP contribution is 2.27. The number of hydrogen-bond donors (Lipinski definition) is 1. The van der Waals surface area contributed by atoms with Gasteiger partial charge in [-0.3, -0.25) is 4.90 Å². The van der Waals surface area contributed by atoms with Gasteiger partial charge in [0.05, 0.1) is 12.6 Å². The molecule has 16 heavy (non-hydrogen) atoms. The van der Waals surface area contributed by atoms with Gasteiger partial charge < -0.3 is 5.11 Å². The van der Waals surface area contributed by atoms with Crippen molar-refractivity contribution in [3.05, 3.63) is 35.9 Å². The molecule has 2 atom stereocenters. The van der Waals surface area contributed by atoms with Crippen LogP contribution in [0.5, 0.6) is 0 Å². The summed E-state index contributed by atoms with van der Waals surface area (Å²) in [6.07, 6.45) is 3.83. The number of benzene rings is 1. The minimum Gasteiger partial charge on any atom is -0.394 e. The zero-order valence-electron chi connectivity index (χ0n) is 9.97. The van der Waals surface area contributed by atoms with Crippen LogP contribution in [0.3, 0.4) is 0 Å². The van der Waals surface area contributed by atoms with Crippen LogP contribution in [0.25, 0.3) is 0 Å². The molecule has 1 heterocycles. The van der Waals surface area contributed by atoms with Crippen molar-refractivity contribution < 1.29 is 5.11 Å². The Hall–Kier alpha value is -0.860. The van der Waals surface area contributed by atoms with Gasteiger partial charge in [-0.1, -0.05) is 36.8 Å². The lowest BCUT2D eigenvalue weighted by Crippen LogP contribution is -2.41. The second kappa shape index (κ2) is 5.46. The fourth-order valence-corrected chi connectivity index (χ4v) is 2.66. The maximum absolute atomic E-state index is 9.61. The Kier molecular flexibility index (Phi) is 3.97. The number of piperidine rings is 1. The zero-order valence-corrected chi connectivity index (χ0v) is 9.97. The van der Waals surface area contributed by atoms with Crippen LogP contribution < -0.4 is 0 Å². The Morgan fingerprint density at radius 2 is 2.06 bits per heavy atom. The molecule has 0 aliphatic carbocycles. The van der Waals surface area contributed by atoms with Crippen LogP contribution in [-0.4, -0.2) is 29.2 Å². The van der Waals surface area contributed by atoms with E-state index in [2.05, 4.69) is 24.0 Å². The second-order valence-corrected chi connectivity index (χ2v) is 4.69. The summed E-state index contributed by atoms with van der Waals surface area (Å²) in [5, 5.41) is 9.61. The molecule has 0 unspecified atom stereocenters. The van der Waals surface area contributed by atoms with Gasteiger partial charge in [0.1, 0.15) is 0 Å². The first-order chi connectivity index (χ1) is 7.83. The number of aliphatic hydroxyl groups is 1. The third-order valence-electron chi connectivity index (χ3n) is 3.61. The van der Waals surface area contributed by atoms with E-state index >= 15 is 0 Å². The van der Waals surface area contributed by atoms with Gasteiger partial charge in [-0.25, -0.2) is 0 Å². The Bertz CT molecular complexity index is 312. The van der Waals surface area contributed by atoms with Gasteiger partial charge in [0.2, 0.25) is 0 Å². The first kappa shape index (κ1) is 11.6. The third-order valence-corrected chi connectivity index (χ3v) is 3.61. The fourth-order valence-electron chi connectivity index (χ4n) is 2.66.